The minimum absolute atomic E-state index is 0.0286. The van der Waals surface area contributed by atoms with Crippen LogP contribution in [-0.2, 0) is 14.4 Å². The van der Waals surface area contributed by atoms with Crippen LogP contribution in [0.3, 0.4) is 0 Å². The smallest absolute Gasteiger partial charge is 0.248 e. The summed E-state index contributed by atoms with van der Waals surface area (Å²) in [6.45, 7) is 12.9. The van der Waals surface area contributed by atoms with E-state index in [9.17, 15) is 9.59 Å². The van der Waals surface area contributed by atoms with E-state index in [0.717, 1.165) is 24.6 Å². The standard InChI is InChI=1S/C15H28N2O3S/c1-14(2,3)12(17(11-18)20-15(4,5)6)13(19)16-7-9-21-10-8-16/h11-12H,7-10H2,1-6H3. The molecule has 1 rings (SSSR count). The van der Waals surface area contributed by atoms with E-state index in [2.05, 4.69) is 0 Å². The van der Waals surface area contributed by atoms with Crippen LogP contribution in [0.2, 0.25) is 0 Å². The van der Waals surface area contributed by atoms with Crippen molar-refractivity contribution in [3.63, 3.8) is 0 Å². The molecule has 122 valence electrons. The largest absolute Gasteiger partial charge is 0.339 e. The van der Waals surface area contributed by atoms with Gasteiger partial charge < -0.3 is 4.90 Å². The second kappa shape index (κ2) is 7.01. The fourth-order valence-electron chi connectivity index (χ4n) is 2.27. The molecule has 0 aromatic heterocycles. The van der Waals surface area contributed by atoms with Gasteiger partial charge in [-0.15, -0.1) is 0 Å². The predicted molar refractivity (Wildman–Crippen MR) is 85.9 cm³/mol. The van der Waals surface area contributed by atoms with E-state index in [-0.39, 0.29) is 5.91 Å². The van der Waals surface area contributed by atoms with Crippen molar-refractivity contribution in [1.82, 2.24) is 9.96 Å². The van der Waals surface area contributed by atoms with Gasteiger partial charge in [0, 0.05) is 24.6 Å². The molecule has 0 aliphatic carbocycles. The maximum Gasteiger partial charge on any atom is 0.248 e. The average Bonchev–Trinajstić information content (AvgIpc) is 2.35. The predicted octanol–water partition coefficient (Wildman–Crippen LogP) is 2.17. The zero-order valence-corrected chi connectivity index (χ0v) is 14.8. The van der Waals surface area contributed by atoms with Crippen molar-refractivity contribution in [3.8, 4) is 0 Å². The van der Waals surface area contributed by atoms with Gasteiger partial charge >= 0.3 is 0 Å². The summed E-state index contributed by atoms with van der Waals surface area (Å²) in [5, 5.41) is 1.20. The highest BCUT2D eigenvalue weighted by Gasteiger charge is 2.41. The van der Waals surface area contributed by atoms with E-state index in [1.807, 2.05) is 58.2 Å². The van der Waals surface area contributed by atoms with Gasteiger partial charge in [0.05, 0.1) is 5.60 Å². The summed E-state index contributed by atoms with van der Waals surface area (Å²) in [7, 11) is 0. The van der Waals surface area contributed by atoms with Gasteiger partial charge in [0.25, 0.3) is 0 Å². The molecule has 0 aromatic carbocycles. The molecule has 0 saturated carbocycles. The lowest BCUT2D eigenvalue weighted by molar-refractivity contribution is -0.243. The van der Waals surface area contributed by atoms with Crippen molar-refractivity contribution >= 4 is 24.1 Å². The zero-order valence-electron chi connectivity index (χ0n) is 14.0. The highest BCUT2D eigenvalue weighted by atomic mass is 32.2. The molecule has 1 saturated heterocycles. The summed E-state index contributed by atoms with van der Waals surface area (Å²) < 4.78 is 0. The molecule has 5 nitrogen and oxygen atoms in total. The highest BCUT2D eigenvalue weighted by molar-refractivity contribution is 7.99. The van der Waals surface area contributed by atoms with Gasteiger partial charge in [0.1, 0.15) is 6.04 Å². The van der Waals surface area contributed by atoms with E-state index in [0.29, 0.717) is 6.41 Å². The van der Waals surface area contributed by atoms with Gasteiger partial charge in [0.15, 0.2) is 0 Å². The molecule has 6 heteroatoms. The first-order valence-electron chi connectivity index (χ1n) is 7.35. The first-order valence-corrected chi connectivity index (χ1v) is 8.51. The zero-order chi connectivity index (χ0) is 16.3. The van der Waals surface area contributed by atoms with Gasteiger partial charge in [-0.25, -0.2) is 5.06 Å². The molecule has 0 N–H and O–H groups in total. The Morgan fingerprint density at radius 2 is 1.71 bits per heavy atom. The summed E-state index contributed by atoms with van der Waals surface area (Å²) in [6.07, 6.45) is 0.623. The highest BCUT2D eigenvalue weighted by Crippen LogP contribution is 2.28. The molecular weight excluding hydrogens is 288 g/mol. The Hall–Kier alpha value is -0.750. The number of rotatable bonds is 4. The fraction of sp³-hybridized carbons (Fsp3) is 0.867. The van der Waals surface area contributed by atoms with Crippen LogP contribution in [0, 0.1) is 5.41 Å². The lowest BCUT2D eigenvalue weighted by Gasteiger charge is -2.41. The lowest BCUT2D eigenvalue weighted by Crippen LogP contribution is -2.57. The minimum Gasteiger partial charge on any atom is -0.339 e. The van der Waals surface area contributed by atoms with E-state index >= 15 is 0 Å². The number of hydroxylamine groups is 2. The first kappa shape index (κ1) is 18.3. The van der Waals surface area contributed by atoms with Crippen LogP contribution in [0.4, 0.5) is 0 Å². The number of hydrogen-bond acceptors (Lipinski definition) is 4. The summed E-state index contributed by atoms with van der Waals surface area (Å²) in [5.41, 5.74) is -0.920. The molecule has 1 heterocycles. The molecular formula is C15H28N2O3S. The average molecular weight is 316 g/mol. The number of thioether (sulfide) groups is 1. The summed E-state index contributed by atoms with van der Waals surface area (Å²) >= 11 is 1.85. The van der Waals surface area contributed by atoms with Crippen molar-refractivity contribution < 1.29 is 14.4 Å². The lowest BCUT2D eigenvalue weighted by atomic mass is 9.85. The topological polar surface area (TPSA) is 49.9 Å². The van der Waals surface area contributed by atoms with Crippen LogP contribution in [-0.4, -0.2) is 58.5 Å². The van der Waals surface area contributed by atoms with Crippen molar-refractivity contribution in [3.05, 3.63) is 0 Å². The fourth-order valence-corrected chi connectivity index (χ4v) is 3.17. The van der Waals surface area contributed by atoms with Gasteiger partial charge in [-0.1, -0.05) is 20.8 Å². The molecule has 0 bridgehead atoms. The third-order valence-electron chi connectivity index (χ3n) is 3.11. The quantitative estimate of drug-likeness (QED) is 0.589. The molecule has 1 unspecified atom stereocenters. The van der Waals surface area contributed by atoms with E-state index in [1.54, 1.807) is 0 Å². The van der Waals surface area contributed by atoms with Crippen LogP contribution in [0.1, 0.15) is 41.5 Å². The Bertz CT molecular complexity index is 368. The molecule has 1 aliphatic rings. The summed E-state index contributed by atoms with van der Waals surface area (Å²) in [6, 6.07) is -0.614. The normalized spacial score (nSPS) is 18.3. The Morgan fingerprint density at radius 1 is 1.19 bits per heavy atom. The van der Waals surface area contributed by atoms with Crippen LogP contribution in [0.5, 0.6) is 0 Å². The number of nitrogens with zero attached hydrogens (tertiary/aromatic N) is 2. The summed E-state index contributed by atoms with van der Waals surface area (Å²) in [4.78, 5) is 31.9. The van der Waals surface area contributed by atoms with E-state index in [4.69, 9.17) is 4.84 Å². The second-order valence-electron chi connectivity index (χ2n) is 7.38. The molecule has 0 aromatic rings. The first-order chi connectivity index (χ1) is 9.56. The number of amides is 2. The van der Waals surface area contributed by atoms with Gasteiger partial charge in [-0.05, 0) is 26.2 Å². The van der Waals surface area contributed by atoms with Crippen molar-refractivity contribution in [2.24, 2.45) is 5.41 Å². The van der Waals surface area contributed by atoms with E-state index < -0.39 is 17.1 Å². The van der Waals surface area contributed by atoms with Crippen molar-refractivity contribution in [1.29, 1.82) is 0 Å². The molecule has 1 atom stereocenters. The monoisotopic (exact) mass is 316 g/mol. The van der Waals surface area contributed by atoms with Gasteiger partial charge in [-0.2, -0.15) is 11.8 Å². The molecule has 2 amide bonds. The molecule has 21 heavy (non-hydrogen) atoms. The van der Waals surface area contributed by atoms with Crippen LogP contribution in [0.15, 0.2) is 0 Å². The van der Waals surface area contributed by atoms with Crippen LogP contribution in [0.25, 0.3) is 0 Å². The number of carbonyl (C=O) groups excluding carboxylic acids is 2. The molecule has 0 radical (unpaired) electrons. The third-order valence-corrected chi connectivity index (χ3v) is 4.06. The Kier molecular flexibility index (Phi) is 6.11. The maximum atomic E-state index is 12.9. The number of hydrogen-bond donors (Lipinski definition) is 0. The Morgan fingerprint density at radius 3 is 2.10 bits per heavy atom. The third kappa shape index (κ3) is 5.51. The van der Waals surface area contributed by atoms with Crippen molar-refractivity contribution in [2.45, 2.75) is 53.2 Å². The SMILES string of the molecule is CC(C)(C)ON(C=O)C(C(=O)N1CCSCC1)C(C)(C)C. The number of carbonyl (C=O) groups is 2. The van der Waals surface area contributed by atoms with E-state index in [1.165, 1.54) is 5.06 Å². The molecule has 0 spiro atoms. The Labute approximate surface area is 132 Å². The maximum absolute atomic E-state index is 12.9. The molecule has 1 fully saturated rings. The van der Waals surface area contributed by atoms with Crippen LogP contribution < -0.4 is 0 Å². The minimum atomic E-state index is -0.614. The Balaban J connectivity index is 2.98. The molecule has 1 aliphatic heterocycles. The summed E-state index contributed by atoms with van der Waals surface area (Å²) in [5.74, 6) is 1.87. The van der Waals surface area contributed by atoms with Crippen molar-refractivity contribution in [2.75, 3.05) is 24.6 Å². The van der Waals surface area contributed by atoms with Gasteiger partial charge in [0.2, 0.25) is 12.3 Å². The second-order valence-corrected chi connectivity index (χ2v) is 8.60. The van der Waals surface area contributed by atoms with Gasteiger partial charge in [-0.3, -0.25) is 14.4 Å². The van der Waals surface area contributed by atoms with Crippen LogP contribution >= 0.6 is 11.8 Å².